The van der Waals surface area contributed by atoms with Crippen LogP contribution in [0.15, 0.2) is 18.2 Å². The van der Waals surface area contributed by atoms with E-state index in [1.165, 1.54) is 44.1 Å². The van der Waals surface area contributed by atoms with E-state index in [0.717, 1.165) is 23.3 Å². The van der Waals surface area contributed by atoms with E-state index in [1.54, 1.807) is 0 Å². The van der Waals surface area contributed by atoms with Gasteiger partial charge in [0, 0.05) is 11.6 Å². The molecule has 4 aliphatic carbocycles. The lowest BCUT2D eigenvalue weighted by Gasteiger charge is -2.57. The number of benzene rings is 1. The second kappa shape index (κ2) is 4.06. The molecule has 0 aromatic heterocycles. The van der Waals surface area contributed by atoms with Crippen molar-refractivity contribution in [3.8, 4) is 0 Å². The summed E-state index contributed by atoms with van der Waals surface area (Å²) in [6, 6.07) is 5.99. The van der Waals surface area contributed by atoms with Gasteiger partial charge in [0.05, 0.1) is 4.92 Å². The summed E-state index contributed by atoms with van der Waals surface area (Å²) in [6.07, 6.45) is 8.02. The van der Waals surface area contributed by atoms with Crippen LogP contribution in [0.2, 0.25) is 0 Å². The van der Waals surface area contributed by atoms with Gasteiger partial charge >= 0.3 is 0 Å². The Hall–Kier alpha value is -1.38. The van der Waals surface area contributed by atoms with Crippen molar-refractivity contribution in [2.45, 2.75) is 50.9 Å². The van der Waals surface area contributed by atoms with Crippen LogP contribution in [0.5, 0.6) is 0 Å². The first-order valence-electron chi connectivity index (χ1n) is 7.81. The van der Waals surface area contributed by atoms with Gasteiger partial charge in [-0.05, 0) is 74.2 Å². The van der Waals surface area contributed by atoms with Crippen LogP contribution in [0.1, 0.15) is 49.7 Å². The van der Waals surface area contributed by atoms with Crippen molar-refractivity contribution in [3.63, 3.8) is 0 Å². The SMILES string of the molecule is Cc1ccc(C23CC4CC(CC(C4)C2)C3)cc1[N+](=O)[O-]. The molecular weight excluding hydrogens is 250 g/mol. The van der Waals surface area contributed by atoms with Gasteiger partial charge in [-0.2, -0.15) is 0 Å². The summed E-state index contributed by atoms with van der Waals surface area (Å²) in [4.78, 5) is 11.0. The summed E-state index contributed by atoms with van der Waals surface area (Å²) in [5.41, 5.74) is 2.59. The lowest BCUT2D eigenvalue weighted by Crippen LogP contribution is -2.48. The standard InChI is InChI=1S/C17H21NO2/c1-11-2-3-15(7-16(11)18(19)20)17-8-12-4-13(9-17)6-14(5-12)10-17/h2-3,7,12-14H,4-6,8-10H2,1H3. The minimum atomic E-state index is -0.223. The van der Waals surface area contributed by atoms with Gasteiger partial charge in [0.1, 0.15) is 0 Å². The smallest absolute Gasteiger partial charge is 0.258 e. The van der Waals surface area contributed by atoms with Crippen LogP contribution >= 0.6 is 0 Å². The second-order valence-electron chi connectivity index (χ2n) is 7.46. The molecule has 20 heavy (non-hydrogen) atoms. The summed E-state index contributed by atoms with van der Waals surface area (Å²) in [6.45, 7) is 1.83. The molecule has 3 heteroatoms. The molecule has 0 atom stereocenters. The molecule has 5 rings (SSSR count). The monoisotopic (exact) mass is 271 g/mol. The van der Waals surface area contributed by atoms with Gasteiger partial charge in [-0.15, -0.1) is 0 Å². The Kier molecular flexibility index (Phi) is 2.51. The molecule has 4 aliphatic rings. The van der Waals surface area contributed by atoms with Crippen LogP contribution < -0.4 is 0 Å². The van der Waals surface area contributed by atoms with Crippen LogP contribution in [-0.4, -0.2) is 4.92 Å². The van der Waals surface area contributed by atoms with E-state index in [1.807, 2.05) is 19.1 Å². The van der Waals surface area contributed by atoms with Crippen molar-refractivity contribution in [2.24, 2.45) is 17.8 Å². The van der Waals surface area contributed by atoms with Crippen molar-refractivity contribution in [3.05, 3.63) is 39.4 Å². The zero-order valence-electron chi connectivity index (χ0n) is 12.0. The molecule has 0 radical (unpaired) electrons. The van der Waals surface area contributed by atoms with Crippen LogP contribution in [-0.2, 0) is 5.41 Å². The summed E-state index contributed by atoms with van der Waals surface area (Å²) in [7, 11) is 0. The first-order chi connectivity index (χ1) is 9.56. The van der Waals surface area contributed by atoms with Crippen LogP contribution in [0.3, 0.4) is 0 Å². The maximum absolute atomic E-state index is 11.2. The molecule has 1 aromatic carbocycles. The Morgan fingerprint density at radius 3 is 2.15 bits per heavy atom. The van der Waals surface area contributed by atoms with E-state index >= 15 is 0 Å². The highest BCUT2D eigenvalue weighted by molar-refractivity contribution is 5.45. The van der Waals surface area contributed by atoms with Gasteiger partial charge in [0.25, 0.3) is 5.69 Å². The van der Waals surface area contributed by atoms with Crippen molar-refractivity contribution < 1.29 is 4.92 Å². The molecule has 0 saturated heterocycles. The maximum atomic E-state index is 11.2. The Bertz CT molecular complexity index is 543. The number of hydrogen-bond acceptors (Lipinski definition) is 2. The Morgan fingerprint density at radius 2 is 1.65 bits per heavy atom. The molecule has 0 heterocycles. The highest BCUT2D eigenvalue weighted by atomic mass is 16.6. The first-order valence-corrected chi connectivity index (χ1v) is 7.81. The van der Waals surface area contributed by atoms with Gasteiger partial charge in [-0.3, -0.25) is 10.1 Å². The molecule has 106 valence electrons. The van der Waals surface area contributed by atoms with E-state index < -0.39 is 0 Å². The summed E-state index contributed by atoms with van der Waals surface area (Å²) < 4.78 is 0. The zero-order chi connectivity index (χ0) is 13.9. The van der Waals surface area contributed by atoms with E-state index in [2.05, 4.69) is 6.07 Å². The predicted molar refractivity (Wildman–Crippen MR) is 77.7 cm³/mol. The minimum absolute atomic E-state index is 0.223. The van der Waals surface area contributed by atoms with Gasteiger partial charge < -0.3 is 0 Å². The maximum Gasteiger partial charge on any atom is 0.272 e. The zero-order valence-corrected chi connectivity index (χ0v) is 12.0. The minimum Gasteiger partial charge on any atom is -0.258 e. The third kappa shape index (κ3) is 1.72. The lowest BCUT2D eigenvalue weighted by atomic mass is 9.48. The van der Waals surface area contributed by atoms with Crippen LogP contribution in [0.4, 0.5) is 5.69 Å². The van der Waals surface area contributed by atoms with Crippen molar-refractivity contribution >= 4 is 5.69 Å². The van der Waals surface area contributed by atoms with Crippen molar-refractivity contribution in [1.82, 2.24) is 0 Å². The first kappa shape index (κ1) is 12.4. The van der Waals surface area contributed by atoms with E-state index in [-0.39, 0.29) is 10.3 Å². The Morgan fingerprint density at radius 1 is 1.10 bits per heavy atom. The molecule has 0 spiro atoms. The van der Waals surface area contributed by atoms with Gasteiger partial charge in [-0.1, -0.05) is 12.1 Å². The number of nitro benzene ring substituents is 1. The number of hydrogen-bond donors (Lipinski definition) is 0. The largest absolute Gasteiger partial charge is 0.272 e. The molecule has 0 N–H and O–H groups in total. The normalized spacial score (nSPS) is 38.1. The number of rotatable bonds is 2. The summed E-state index contributed by atoms with van der Waals surface area (Å²) >= 11 is 0. The van der Waals surface area contributed by atoms with Crippen LogP contribution in [0.25, 0.3) is 0 Å². The fourth-order valence-electron chi connectivity index (χ4n) is 5.60. The summed E-state index contributed by atoms with van der Waals surface area (Å²) in [5, 5.41) is 11.2. The number of nitro groups is 1. The molecular formula is C17H21NO2. The molecule has 0 aliphatic heterocycles. The fraction of sp³-hybridized carbons (Fsp3) is 0.647. The summed E-state index contributed by atoms with van der Waals surface area (Å²) in [5.74, 6) is 2.63. The highest BCUT2D eigenvalue weighted by Crippen LogP contribution is 2.60. The van der Waals surface area contributed by atoms with Crippen molar-refractivity contribution in [2.75, 3.05) is 0 Å². The van der Waals surface area contributed by atoms with Gasteiger partial charge in [0.15, 0.2) is 0 Å². The highest BCUT2D eigenvalue weighted by Gasteiger charge is 2.51. The van der Waals surface area contributed by atoms with Crippen molar-refractivity contribution in [1.29, 1.82) is 0 Å². The average molecular weight is 271 g/mol. The van der Waals surface area contributed by atoms with E-state index in [0.29, 0.717) is 5.69 Å². The number of aryl methyl sites for hydroxylation is 1. The number of nitrogens with zero attached hydrogens (tertiary/aromatic N) is 1. The fourth-order valence-corrected chi connectivity index (χ4v) is 5.60. The molecule has 3 nitrogen and oxygen atoms in total. The predicted octanol–water partition coefficient (Wildman–Crippen LogP) is 4.37. The Labute approximate surface area is 119 Å². The Balaban J connectivity index is 1.77. The molecule has 4 bridgehead atoms. The van der Waals surface area contributed by atoms with Gasteiger partial charge in [-0.25, -0.2) is 0 Å². The molecule has 1 aromatic rings. The third-order valence-corrected chi connectivity index (χ3v) is 6.06. The lowest BCUT2D eigenvalue weighted by molar-refractivity contribution is -0.385. The van der Waals surface area contributed by atoms with E-state index in [4.69, 9.17) is 0 Å². The third-order valence-electron chi connectivity index (χ3n) is 6.06. The average Bonchev–Trinajstić information content (AvgIpc) is 2.37. The second-order valence-corrected chi connectivity index (χ2v) is 7.46. The molecule has 0 unspecified atom stereocenters. The molecule has 0 amide bonds. The quantitative estimate of drug-likeness (QED) is 0.592. The van der Waals surface area contributed by atoms with E-state index in [9.17, 15) is 10.1 Å². The van der Waals surface area contributed by atoms with Crippen LogP contribution in [0, 0.1) is 34.8 Å². The molecule has 4 fully saturated rings. The van der Waals surface area contributed by atoms with Gasteiger partial charge in [0.2, 0.25) is 0 Å². The topological polar surface area (TPSA) is 43.1 Å². The molecule has 4 saturated carbocycles.